The highest BCUT2D eigenvalue weighted by molar-refractivity contribution is 5.97. The first kappa shape index (κ1) is 11.3. The summed E-state index contributed by atoms with van der Waals surface area (Å²) in [5.41, 5.74) is 0.320. The van der Waals surface area contributed by atoms with Crippen molar-refractivity contribution in [3.63, 3.8) is 0 Å². The van der Waals surface area contributed by atoms with Crippen molar-refractivity contribution in [2.24, 2.45) is 0 Å². The van der Waals surface area contributed by atoms with Crippen molar-refractivity contribution in [3.8, 4) is 5.88 Å². The van der Waals surface area contributed by atoms with Crippen LogP contribution in [0, 0.1) is 6.92 Å². The lowest BCUT2D eigenvalue weighted by molar-refractivity contribution is 0.0958. The van der Waals surface area contributed by atoms with Crippen LogP contribution >= 0.6 is 0 Å². The Kier molecular flexibility index (Phi) is 3.14. The molecule has 1 aromatic heterocycles. The van der Waals surface area contributed by atoms with Crippen LogP contribution in [0.4, 0.5) is 0 Å². The molecule has 0 aromatic carbocycles. The van der Waals surface area contributed by atoms with Crippen molar-refractivity contribution in [1.82, 2.24) is 9.88 Å². The molecule has 0 unspecified atom stereocenters. The Morgan fingerprint density at radius 2 is 2.20 bits per heavy atom. The minimum absolute atomic E-state index is 0.152. The van der Waals surface area contributed by atoms with Crippen molar-refractivity contribution in [3.05, 3.63) is 27.5 Å². The molecule has 0 aliphatic heterocycles. The van der Waals surface area contributed by atoms with E-state index in [1.165, 1.54) is 13.1 Å². The van der Waals surface area contributed by atoms with Crippen molar-refractivity contribution in [2.45, 2.75) is 20.4 Å². The number of aromatic hydroxyl groups is 1. The van der Waals surface area contributed by atoms with Crippen LogP contribution in [0.3, 0.4) is 0 Å². The molecule has 2 N–H and O–H groups in total. The third-order valence-electron chi connectivity index (χ3n) is 2.25. The van der Waals surface area contributed by atoms with Crippen LogP contribution in [0.15, 0.2) is 10.9 Å². The molecule has 0 fully saturated rings. The fourth-order valence-corrected chi connectivity index (χ4v) is 1.46. The van der Waals surface area contributed by atoms with Crippen LogP contribution < -0.4 is 10.9 Å². The molecule has 1 aromatic rings. The summed E-state index contributed by atoms with van der Waals surface area (Å²) in [5.74, 6) is -0.672. The Labute approximate surface area is 87.4 Å². The number of hydrogen-bond donors (Lipinski definition) is 2. The van der Waals surface area contributed by atoms with Gasteiger partial charge in [0.15, 0.2) is 0 Å². The first-order valence-corrected chi connectivity index (χ1v) is 4.68. The first-order valence-electron chi connectivity index (χ1n) is 4.68. The van der Waals surface area contributed by atoms with E-state index >= 15 is 0 Å². The lowest BCUT2D eigenvalue weighted by Gasteiger charge is -2.11. The highest BCUT2D eigenvalue weighted by atomic mass is 16.3. The number of rotatable bonds is 2. The summed E-state index contributed by atoms with van der Waals surface area (Å²) < 4.78 is 1.15. The lowest BCUT2D eigenvalue weighted by Crippen LogP contribution is -2.26. The van der Waals surface area contributed by atoms with E-state index in [0.29, 0.717) is 12.1 Å². The third-order valence-corrected chi connectivity index (χ3v) is 2.25. The largest absolute Gasteiger partial charge is 0.494 e. The molecule has 0 bridgehead atoms. The van der Waals surface area contributed by atoms with Gasteiger partial charge >= 0.3 is 0 Å². The van der Waals surface area contributed by atoms with Crippen LogP contribution in [0.5, 0.6) is 5.88 Å². The van der Waals surface area contributed by atoms with E-state index in [4.69, 9.17) is 0 Å². The van der Waals surface area contributed by atoms with Gasteiger partial charge in [-0.25, -0.2) is 0 Å². The van der Waals surface area contributed by atoms with Gasteiger partial charge in [0.1, 0.15) is 5.56 Å². The van der Waals surface area contributed by atoms with Gasteiger partial charge in [-0.2, -0.15) is 0 Å². The Morgan fingerprint density at radius 3 is 2.67 bits per heavy atom. The summed E-state index contributed by atoms with van der Waals surface area (Å²) in [4.78, 5) is 22.9. The Balaban J connectivity index is 3.52. The quantitative estimate of drug-likeness (QED) is 0.734. The van der Waals surface area contributed by atoms with E-state index in [2.05, 4.69) is 5.32 Å². The number of hydrogen-bond acceptors (Lipinski definition) is 3. The summed E-state index contributed by atoms with van der Waals surface area (Å²) in [5, 5.41) is 12.2. The van der Waals surface area contributed by atoms with Gasteiger partial charge in [-0.05, 0) is 19.4 Å². The molecule has 0 saturated heterocycles. The summed E-state index contributed by atoms with van der Waals surface area (Å²) in [7, 11) is 1.47. The Bertz CT molecular complexity index is 449. The van der Waals surface area contributed by atoms with Crippen molar-refractivity contribution >= 4 is 5.91 Å². The van der Waals surface area contributed by atoms with E-state index in [1.54, 1.807) is 13.8 Å². The monoisotopic (exact) mass is 210 g/mol. The van der Waals surface area contributed by atoms with E-state index in [1.807, 2.05) is 0 Å². The minimum atomic E-state index is -0.396. The molecule has 1 amide bonds. The average Bonchev–Trinajstić information content (AvgIpc) is 2.17. The molecule has 0 aliphatic carbocycles. The number of pyridine rings is 1. The van der Waals surface area contributed by atoms with E-state index in [9.17, 15) is 14.7 Å². The van der Waals surface area contributed by atoms with Gasteiger partial charge in [0.25, 0.3) is 11.5 Å². The van der Waals surface area contributed by atoms with Crippen molar-refractivity contribution in [2.75, 3.05) is 7.05 Å². The first-order chi connectivity index (χ1) is 7.02. The molecule has 0 radical (unpaired) electrons. The van der Waals surface area contributed by atoms with Gasteiger partial charge in [0.2, 0.25) is 5.88 Å². The number of aromatic nitrogens is 1. The average molecular weight is 210 g/mol. The predicted octanol–water partition coefficient (Wildman–Crippen LogP) is 0.242. The molecule has 0 aliphatic rings. The maximum absolute atomic E-state index is 11.4. The molecule has 1 rings (SSSR count). The van der Waals surface area contributed by atoms with Gasteiger partial charge in [-0.15, -0.1) is 0 Å². The van der Waals surface area contributed by atoms with Gasteiger partial charge < -0.3 is 10.4 Å². The summed E-state index contributed by atoms with van der Waals surface area (Å²) >= 11 is 0. The zero-order valence-electron chi connectivity index (χ0n) is 9.00. The Hall–Kier alpha value is -1.78. The fourth-order valence-electron chi connectivity index (χ4n) is 1.46. The van der Waals surface area contributed by atoms with Crippen LogP contribution in [0.2, 0.25) is 0 Å². The topological polar surface area (TPSA) is 71.3 Å². The third kappa shape index (κ3) is 1.86. The molecular formula is C10H14N2O3. The number of carbonyl (C=O) groups is 1. The van der Waals surface area contributed by atoms with Crippen LogP contribution in [0.1, 0.15) is 22.8 Å². The molecule has 1 heterocycles. The molecule has 82 valence electrons. The highest BCUT2D eigenvalue weighted by Crippen LogP contribution is 2.18. The normalized spacial score (nSPS) is 10.1. The second-order valence-electron chi connectivity index (χ2n) is 3.19. The molecule has 0 atom stereocenters. The Morgan fingerprint density at radius 1 is 1.60 bits per heavy atom. The van der Waals surface area contributed by atoms with Crippen LogP contribution in [-0.4, -0.2) is 22.6 Å². The number of amides is 1. The van der Waals surface area contributed by atoms with Gasteiger partial charge in [0.05, 0.1) is 0 Å². The zero-order valence-corrected chi connectivity index (χ0v) is 9.00. The summed E-state index contributed by atoms with van der Waals surface area (Å²) in [6.45, 7) is 3.67. The van der Waals surface area contributed by atoms with E-state index in [-0.39, 0.29) is 17.0 Å². The maximum Gasteiger partial charge on any atom is 0.256 e. The number of aryl methyl sites for hydroxylation is 1. The molecule has 5 heteroatoms. The highest BCUT2D eigenvalue weighted by Gasteiger charge is 2.17. The second-order valence-corrected chi connectivity index (χ2v) is 3.19. The minimum Gasteiger partial charge on any atom is -0.494 e. The summed E-state index contributed by atoms with van der Waals surface area (Å²) in [6, 6.07) is 1.34. The van der Waals surface area contributed by atoms with Gasteiger partial charge in [-0.1, -0.05) is 0 Å². The van der Waals surface area contributed by atoms with Crippen molar-refractivity contribution in [1.29, 1.82) is 0 Å². The smallest absolute Gasteiger partial charge is 0.256 e. The fraction of sp³-hybridized carbons (Fsp3) is 0.400. The molecule has 0 spiro atoms. The number of nitrogens with one attached hydrogen (secondary N) is 1. The van der Waals surface area contributed by atoms with Crippen LogP contribution in [0.25, 0.3) is 0 Å². The predicted molar refractivity (Wildman–Crippen MR) is 56.2 cm³/mol. The maximum atomic E-state index is 11.4. The SMILES string of the molecule is CCn1c(O)c(C(=O)NC)c(C)cc1=O. The molecule has 5 nitrogen and oxygen atoms in total. The van der Waals surface area contributed by atoms with Crippen molar-refractivity contribution < 1.29 is 9.90 Å². The summed E-state index contributed by atoms with van der Waals surface area (Å²) in [6.07, 6.45) is 0. The molecule has 15 heavy (non-hydrogen) atoms. The lowest BCUT2D eigenvalue weighted by atomic mass is 10.1. The second kappa shape index (κ2) is 4.16. The van der Waals surface area contributed by atoms with Gasteiger partial charge in [0, 0.05) is 19.7 Å². The van der Waals surface area contributed by atoms with E-state index in [0.717, 1.165) is 4.57 Å². The van der Waals surface area contributed by atoms with Gasteiger partial charge in [-0.3, -0.25) is 14.2 Å². The zero-order chi connectivity index (χ0) is 11.6. The molecular weight excluding hydrogens is 196 g/mol. The van der Waals surface area contributed by atoms with E-state index < -0.39 is 5.91 Å². The standard InChI is InChI=1S/C10H14N2O3/c1-4-12-7(13)5-6(2)8(10(12)15)9(14)11-3/h5,15H,4H2,1-3H3,(H,11,14). The van der Waals surface area contributed by atoms with Crippen LogP contribution in [-0.2, 0) is 6.54 Å². The number of nitrogens with zero attached hydrogens (tertiary/aromatic N) is 1. The number of carbonyl (C=O) groups excluding carboxylic acids is 1. The molecule has 0 saturated carbocycles.